The number of aryl methyl sites for hydroxylation is 1. The van der Waals surface area contributed by atoms with E-state index in [0.717, 1.165) is 22.5 Å². The summed E-state index contributed by atoms with van der Waals surface area (Å²) in [6.07, 6.45) is 1.79. The Morgan fingerprint density at radius 3 is 2.47 bits per heavy atom. The molecule has 0 saturated carbocycles. The van der Waals surface area contributed by atoms with Gasteiger partial charge in [-0.25, -0.2) is 4.98 Å². The van der Waals surface area contributed by atoms with Gasteiger partial charge in [0, 0.05) is 36.5 Å². The third-order valence-corrected chi connectivity index (χ3v) is 5.53. The quantitative estimate of drug-likeness (QED) is 0.483. The molecule has 0 amide bonds. The Hall–Kier alpha value is -3.38. The maximum Gasteiger partial charge on any atom is 0.313 e. The minimum atomic E-state index is -1.13. The van der Waals surface area contributed by atoms with E-state index in [-0.39, 0.29) is 0 Å². The van der Waals surface area contributed by atoms with Crippen molar-refractivity contribution < 1.29 is 19.4 Å². The number of hydrogen-bond acceptors (Lipinski definition) is 5. The normalized spacial score (nSPS) is 11.3. The molecule has 2 N–H and O–H groups in total. The van der Waals surface area contributed by atoms with Crippen molar-refractivity contribution in [2.45, 2.75) is 39.3 Å². The van der Waals surface area contributed by atoms with Crippen LogP contribution in [0.15, 0.2) is 54.7 Å². The monoisotopic (exact) mass is 434 g/mol. The number of nitrogens with zero attached hydrogens (tertiary/aromatic N) is 1. The van der Waals surface area contributed by atoms with Crippen molar-refractivity contribution >= 4 is 11.8 Å². The molecule has 1 heterocycles. The Morgan fingerprint density at radius 2 is 1.88 bits per heavy atom. The van der Waals surface area contributed by atoms with E-state index in [1.807, 2.05) is 30.3 Å². The van der Waals surface area contributed by atoms with Crippen LogP contribution in [0.25, 0.3) is 11.1 Å². The van der Waals surface area contributed by atoms with Crippen LogP contribution in [0, 0.1) is 6.92 Å². The molecule has 1 aromatic heterocycles. The summed E-state index contributed by atoms with van der Waals surface area (Å²) in [5.74, 6) is 0.379. The van der Waals surface area contributed by atoms with Crippen molar-refractivity contribution in [3.8, 4) is 16.9 Å². The van der Waals surface area contributed by atoms with Crippen LogP contribution < -0.4 is 10.1 Å². The van der Waals surface area contributed by atoms with E-state index >= 15 is 0 Å². The first-order valence-electron chi connectivity index (χ1n) is 10.5. The zero-order valence-electron chi connectivity index (χ0n) is 19.2. The van der Waals surface area contributed by atoms with Crippen molar-refractivity contribution in [1.29, 1.82) is 0 Å². The summed E-state index contributed by atoms with van der Waals surface area (Å²) >= 11 is 0. The Kier molecular flexibility index (Phi) is 7.15. The zero-order valence-corrected chi connectivity index (χ0v) is 19.2. The lowest BCUT2D eigenvalue weighted by atomic mass is 9.81. The highest BCUT2D eigenvalue weighted by Crippen LogP contribution is 2.39. The summed E-state index contributed by atoms with van der Waals surface area (Å²) in [7, 11) is 3.15. The molecule has 0 bridgehead atoms. The standard InChI is InChI=1S/C26H30N2O4/c1-17-7-6-8-18(11-17)14-27-23-10-9-19(15-28-23)20-12-21(16-31-4)24(32-5)22(13-20)26(2,3)25(29)30/h6-13,15H,14,16H2,1-5H3,(H,27,28)(H,29,30). The van der Waals surface area contributed by atoms with E-state index in [1.54, 1.807) is 34.3 Å². The van der Waals surface area contributed by atoms with Crippen LogP contribution in [0.5, 0.6) is 5.75 Å². The number of hydrogen-bond donors (Lipinski definition) is 2. The van der Waals surface area contributed by atoms with Crippen LogP contribution in [0.1, 0.15) is 36.1 Å². The maximum absolute atomic E-state index is 12.0. The Morgan fingerprint density at radius 1 is 1.09 bits per heavy atom. The number of ether oxygens (including phenoxy) is 2. The molecule has 168 valence electrons. The highest BCUT2D eigenvalue weighted by atomic mass is 16.5. The number of carboxylic acids is 1. The molecule has 0 radical (unpaired) electrons. The van der Waals surface area contributed by atoms with Gasteiger partial charge in [-0.15, -0.1) is 0 Å². The molecule has 6 heteroatoms. The van der Waals surface area contributed by atoms with Gasteiger partial charge in [0.05, 0.1) is 19.1 Å². The smallest absolute Gasteiger partial charge is 0.313 e. The van der Waals surface area contributed by atoms with Gasteiger partial charge in [0.15, 0.2) is 0 Å². The molecule has 2 aromatic carbocycles. The second-order valence-corrected chi connectivity index (χ2v) is 8.35. The molecule has 32 heavy (non-hydrogen) atoms. The lowest BCUT2D eigenvalue weighted by Gasteiger charge is -2.25. The first-order valence-corrected chi connectivity index (χ1v) is 10.5. The van der Waals surface area contributed by atoms with E-state index in [0.29, 0.717) is 24.5 Å². The van der Waals surface area contributed by atoms with Gasteiger partial charge in [-0.1, -0.05) is 29.8 Å². The van der Waals surface area contributed by atoms with Crippen molar-refractivity contribution in [2.24, 2.45) is 0 Å². The zero-order chi connectivity index (χ0) is 23.3. The third-order valence-electron chi connectivity index (χ3n) is 5.53. The number of aromatic nitrogens is 1. The average Bonchev–Trinajstić information content (AvgIpc) is 2.77. The number of anilines is 1. The predicted octanol–water partition coefficient (Wildman–Crippen LogP) is 5.19. The van der Waals surface area contributed by atoms with Crippen LogP contribution in [-0.4, -0.2) is 30.3 Å². The molecule has 0 spiro atoms. The van der Waals surface area contributed by atoms with Crippen LogP contribution in [-0.2, 0) is 28.1 Å². The molecule has 0 unspecified atom stereocenters. The van der Waals surface area contributed by atoms with Gasteiger partial charge in [0.2, 0.25) is 0 Å². The van der Waals surface area contributed by atoms with Crippen LogP contribution >= 0.6 is 0 Å². The first kappa shape index (κ1) is 23.3. The van der Waals surface area contributed by atoms with Gasteiger partial charge in [0.1, 0.15) is 11.6 Å². The minimum absolute atomic E-state index is 0.309. The summed E-state index contributed by atoms with van der Waals surface area (Å²) < 4.78 is 10.9. The van der Waals surface area contributed by atoms with Gasteiger partial charge in [-0.05, 0) is 56.2 Å². The topological polar surface area (TPSA) is 80.7 Å². The molecular weight excluding hydrogens is 404 g/mol. The highest BCUT2D eigenvalue weighted by molar-refractivity contribution is 5.83. The fraction of sp³-hybridized carbons (Fsp3) is 0.308. The second-order valence-electron chi connectivity index (χ2n) is 8.35. The molecule has 0 fully saturated rings. The summed E-state index contributed by atoms with van der Waals surface area (Å²) in [6, 6.07) is 16.1. The maximum atomic E-state index is 12.0. The van der Waals surface area contributed by atoms with Crippen LogP contribution in [0.3, 0.4) is 0 Å². The van der Waals surface area contributed by atoms with Gasteiger partial charge in [0.25, 0.3) is 0 Å². The lowest BCUT2D eigenvalue weighted by Crippen LogP contribution is -2.29. The van der Waals surface area contributed by atoms with E-state index in [1.165, 1.54) is 11.1 Å². The van der Waals surface area contributed by atoms with Gasteiger partial charge < -0.3 is 19.9 Å². The van der Waals surface area contributed by atoms with E-state index < -0.39 is 11.4 Å². The Labute approximate surface area is 189 Å². The molecular formula is C26H30N2O4. The van der Waals surface area contributed by atoms with Gasteiger partial charge in [-0.3, -0.25) is 4.79 Å². The lowest BCUT2D eigenvalue weighted by molar-refractivity contribution is -0.142. The number of carboxylic acid groups (broad SMARTS) is 1. The molecule has 0 aliphatic heterocycles. The average molecular weight is 435 g/mol. The highest BCUT2D eigenvalue weighted by Gasteiger charge is 2.34. The molecule has 0 atom stereocenters. The number of carbonyl (C=O) groups is 1. The predicted molar refractivity (Wildman–Crippen MR) is 126 cm³/mol. The van der Waals surface area contributed by atoms with Crippen molar-refractivity contribution in [3.05, 3.63) is 77.0 Å². The van der Waals surface area contributed by atoms with Crippen LogP contribution in [0.4, 0.5) is 5.82 Å². The molecule has 3 rings (SSSR count). The Bertz CT molecular complexity index is 1090. The second kappa shape index (κ2) is 9.83. The van der Waals surface area contributed by atoms with Crippen molar-refractivity contribution in [3.63, 3.8) is 0 Å². The van der Waals surface area contributed by atoms with Gasteiger partial charge >= 0.3 is 5.97 Å². The molecule has 0 saturated heterocycles. The van der Waals surface area contributed by atoms with E-state index in [4.69, 9.17) is 9.47 Å². The van der Waals surface area contributed by atoms with E-state index in [9.17, 15) is 9.90 Å². The fourth-order valence-electron chi connectivity index (χ4n) is 3.62. The first-order chi connectivity index (χ1) is 15.3. The number of nitrogens with one attached hydrogen (secondary N) is 1. The largest absolute Gasteiger partial charge is 0.496 e. The fourth-order valence-corrected chi connectivity index (χ4v) is 3.62. The van der Waals surface area contributed by atoms with Gasteiger partial charge in [-0.2, -0.15) is 0 Å². The summed E-state index contributed by atoms with van der Waals surface area (Å²) in [5.41, 5.74) is 4.41. The number of aliphatic carboxylic acids is 1. The summed E-state index contributed by atoms with van der Waals surface area (Å²) in [4.78, 5) is 16.5. The number of pyridine rings is 1. The number of benzene rings is 2. The number of rotatable bonds is 9. The SMILES string of the molecule is COCc1cc(-c2ccc(NCc3cccc(C)c3)nc2)cc(C(C)(C)C(=O)O)c1OC. The number of methoxy groups -OCH3 is 2. The van der Waals surface area contributed by atoms with Crippen molar-refractivity contribution in [2.75, 3.05) is 19.5 Å². The minimum Gasteiger partial charge on any atom is -0.496 e. The van der Waals surface area contributed by atoms with E-state index in [2.05, 4.69) is 35.4 Å². The molecule has 3 aromatic rings. The third kappa shape index (κ3) is 5.08. The summed E-state index contributed by atoms with van der Waals surface area (Å²) in [6.45, 7) is 6.41. The summed E-state index contributed by atoms with van der Waals surface area (Å²) in [5, 5.41) is 13.1. The molecule has 0 aliphatic rings. The Balaban J connectivity index is 1.92. The molecule has 6 nitrogen and oxygen atoms in total. The molecule has 0 aliphatic carbocycles. The van der Waals surface area contributed by atoms with Crippen LogP contribution in [0.2, 0.25) is 0 Å². The van der Waals surface area contributed by atoms with Crippen molar-refractivity contribution in [1.82, 2.24) is 4.98 Å².